The van der Waals surface area contributed by atoms with Crippen LogP contribution in [-0.2, 0) is 32.0 Å². The molecule has 0 unspecified atom stereocenters. The third-order valence-electron chi connectivity index (χ3n) is 3.88. The summed E-state index contributed by atoms with van der Waals surface area (Å²) in [6, 6.07) is 8.47. The number of benzene rings is 1. The first kappa shape index (κ1) is 21.2. The minimum atomic E-state index is -0.474. The molecule has 0 N–H and O–H groups in total. The Bertz CT molecular complexity index is 1150. The largest absolute Gasteiger partial charge is 0.468 e. The summed E-state index contributed by atoms with van der Waals surface area (Å²) in [5, 5.41) is 0. The molecule has 0 saturated heterocycles. The van der Waals surface area contributed by atoms with E-state index in [2.05, 4.69) is 4.99 Å². The number of ether oxygens (including phenoxy) is 2. The lowest BCUT2D eigenvalue weighted by atomic mass is 10.2. The zero-order valence-corrected chi connectivity index (χ0v) is 18.0. The third-order valence-corrected chi connectivity index (χ3v) is 6.16. The first-order valence-electron chi connectivity index (χ1n) is 8.60. The Labute approximate surface area is 179 Å². The molecule has 152 valence electrons. The van der Waals surface area contributed by atoms with Gasteiger partial charge in [-0.05, 0) is 37.3 Å². The van der Waals surface area contributed by atoms with Gasteiger partial charge in [0, 0.05) is 4.88 Å². The van der Waals surface area contributed by atoms with Crippen molar-refractivity contribution >= 4 is 62.3 Å². The summed E-state index contributed by atoms with van der Waals surface area (Å²) >= 11 is 8.43. The van der Waals surface area contributed by atoms with E-state index in [4.69, 9.17) is 21.1 Å². The van der Waals surface area contributed by atoms with Gasteiger partial charge in [0.1, 0.15) is 6.54 Å². The number of nitrogens with zero attached hydrogens (tertiary/aromatic N) is 2. The molecule has 0 aliphatic carbocycles. The smallest absolute Gasteiger partial charge is 0.338 e. The highest BCUT2D eigenvalue weighted by molar-refractivity contribution is 7.16. The van der Waals surface area contributed by atoms with E-state index in [1.807, 2.05) is 0 Å². The second-order valence-electron chi connectivity index (χ2n) is 5.84. The van der Waals surface area contributed by atoms with E-state index in [1.54, 1.807) is 41.8 Å². The highest BCUT2D eigenvalue weighted by Gasteiger charge is 2.15. The van der Waals surface area contributed by atoms with Crippen molar-refractivity contribution in [1.29, 1.82) is 0 Å². The molecule has 10 heteroatoms. The SMILES string of the molecule is CCOC(=O)c1ccc2c(c1)sc(=NC(=O)Cc1ccc(Cl)s1)n2CC(=O)OC. The summed E-state index contributed by atoms with van der Waals surface area (Å²) in [5.41, 5.74) is 1.05. The zero-order chi connectivity index (χ0) is 21.0. The summed E-state index contributed by atoms with van der Waals surface area (Å²) in [5.74, 6) is -1.27. The van der Waals surface area contributed by atoms with E-state index in [1.165, 1.54) is 29.8 Å². The molecule has 29 heavy (non-hydrogen) atoms. The molecule has 3 rings (SSSR count). The fourth-order valence-electron chi connectivity index (χ4n) is 2.59. The molecule has 0 atom stereocenters. The van der Waals surface area contributed by atoms with E-state index >= 15 is 0 Å². The van der Waals surface area contributed by atoms with Gasteiger partial charge in [0.05, 0.1) is 40.3 Å². The lowest BCUT2D eigenvalue weighted by Crippen LogP contribution is -2.22. The topological polar surface area (TPSA) is 87.0 Å². The van der Waals surface area contributed by atoms with E-state index < -0.39 is 11.9 Å². The maximum Gasteiger partial charge on any atom is 0.338 e. The first-order chi connectivity index (χ1) is 13.9. The second kappa shape index (κ2) is 9.34. The van der Waals surface area contributed by atoms with Crippen molar-refractivity contribution < 1.29 is 23.9 Å². The molecule has 2 heterocycles. The number of hydrogen-bond donors (Lipinski definition) is 0. The first-order valence-corrected chi connectivity index (χ1v) is 10.6. The quantitative estimate of drug-likeness (QED) is 0.535. The zero-order valence-electron chi connectivity index (χ0n) is 15.6. The minimum Gasteiger partial charge on any atom is -0.468 e. The van der Waals surface area contributed by atoms with Crippen molar-refractivity contribution in [3.8, 4) is 0 Å². The number of carbonyl (C=O) groups excluding carboxylic acids is 3. The Morgan fingerprint density at radius 3 is 2.62 bits per heavy atom. The fourth-order valence-corrected chi connectivity index (χ4v) is 4.75. The second-order valence-corrected chi connectivity index (χ2v) is 8.65. The van der Waals surface area contributed by atoms with E-state index in [0.29, 0.717) is 24.9 Å². The fraction of sp³-hybridized carbons (Fsp3) is 0.263. The Hall–Kier alpha value is -2.49. The van der Waals surface area contributed by atoms with Crippen LogP contribution in [0.15, 0.2) is 35.3 Å². The summed E-state index contributed by atoms with van der Waals surface area (Å²) in [6.07, 6.45) is 0.109. The Morgan fingerprint density at radius 2 is 1.97 bits per heavy atom. The van der Waals surface area contributed by atoms with Crippen LogP contribution < -0.4 is 4.80 Å². The van der Waals surface area contributed by atoms with Crippen LogP contribution in [0.4, 0.5) is 0 Å². The molecule has 0 spiro atoms. The number of methoxy groups -OCH3 is 1. The predicted octanol–water partition coefficient (Wildman–Crippen LogP) is 3.44. The van der Waals surface area contributed by atoms with Gasteiger partial charge in [-0.15, -0.1) is 11.3 Å². The monoisotopic (exact) mass is 452 g/mol. The van der Waals surface area contributed by atoms with Crippen LogP contribution in [0, 0.1) is 0 Å². The molecule has 1 amide bonds. The molecule has 0 aliphatic rings. The minimum absolute atomic E-state index is 0.105. The Morgan fingerprint density at radius 1 is 1.17 bits per heavy atom. The van der Waals surface area contributed by atoms with Gasteiger partial charge in [-0.25, -0.2) is 4.79 Å². The number of amides is 1. The van der Waals surface area contributed by atoms with Crippen molar-refractivity contribution in [2.75, 3.05) is 13.7 Å². The molecule has 0 saturated carbocycles. The average Bonchev–Trinajstić information content (AvgIpc) is 3.24. The standard InChI is InChI=1S/C19H17ClN2O5S2/c1-3-27-18(25)11-4-6-13-14(8-11)29-19(22(13)10-17(24)26-2)21-16(23)9-12-5-7-15(20)28-12/h4-8H,3,9-10H2,1-2H3. The number of hydrogen-bond acceptors (Lipinski definition) is 7. The number of halogens is 1. The molecule has 0 fully saturated rings. The van der Waals surface area contributed by atoms with Gasteiger partial charge < -0.3 is 14.0 Å². The third kappa shape index (κ3) is 5.11. The maximum atomic E-state index is 12.4. The van der Waals surface area contributed by atoms with E-state index in [9.17, 15) is 14.4 Å². The number of thiophene rings is 1. The van der Waals surface area contributed by atoms with Gasteiger partial charge in [-0.2, -0.15) is 4.99 Å². The van der Waals surface area contributed by atoms with Gasteiger partial charge >= 0.3 is 11.9 Å². The Kier molecular flexibility index (Phi) is 6.83. The van der Waals surface area contributed by atoms with Crippen LogP contribution >= 0.6 is 34.3 Å². The molecular formula is C19H17ClN2O5S2. The van der Waals surface area contributed by atoms with Gasteiger partial charge in [0.25, 0.3) is 5.91 Å². The molecule has 7 nitrogen and oxygen atoms in total. The lowest BCUT2D eigenvalue weighted by molar-refractivity contribution is -0.141. The van der Waals surface area contributed by atoms with E-state index in [-0.39, 0.29) is 25.5 Å². The van der Waals surface area contributed by atoms with Gasteiger partial charge in [-0.1, -0.05) is 22.9 Å². The molecule has 3 aromatic rings. The van der Waals surface area contributed by atoms with Gasteiger partial charge in [0.15, 0.2) is 4.80 Å². The van der Waals surface area contributed by atoms with Crippen molar-refractivity contribution in [2.45, 2.75) is 19.9 Å². The van der Waals surface area contributed by atoms with Crippen LogP contribution in [0.2, 0.25) is 4.34 Å². The van der Waals surface area contributed by atoms with Crippen LogP contribution in [0.3, 0.4) is 0 Å². The van der Waals surface area contributed by atoms with E-state index in [0.717, 1.165) is 4.88 Å². The van der Waals surface area contributed by atoms with Gasteiger partial charge in [-0.3, -0.25) is 9.59 Å². The molecular weight excluding hydrogens is 436 g/mol. The Balaban J connectivity index is 2.03. The van der Waals surface area contributed by atoms with Crippen molar-refractivity contribution in [3.05, 3.63) is 49.9 Å². The normalized spacial score (nSPS) is 11.6. The molecule has 0 aliphatic heterocycles. The number of fused-ring (bicyclic) bond motifs is 1. The van der Waals surface area contributed by atoms with Crippen LogP contribution in [0.5, 0.6) is 0 Å². The molecule has 1 aromatic carbocycles. The number of esters is 2. The number of thiazole rings is 1. The highest BCUT2D eigenvalue weighted by atomic mass is 35.5. The van der Waals surface area contributed by atoms with Crippen molar-refractivity contribution in [3.63, 3.8) is 0 Å². The van der Waals surface area contributed by atoms with Crippen LogP contribution in [0.25, 0.3) is 10.2 Å². The summed E-state index contributed by atoms with van der Waals surface area (Å²) in [4.78, 5) is 41.6. The van der Waals surface area contributed by atoms with Crippen LogP contribution in [0.1, 0.15) is 22.2 Å². The average molecular weight is 453 g/mol. The summed E-state index contributed by atoms with van der Waals surface area (Å²) in [6.45, 7) is 1.90. The number of aromatic nitrogens is 1. The highest BCUT2D eigenvalue weighted by Crippen LogP contribution is 2.22. The van der Waals surface area contributed by atoms with Crippen molar-refractivity contribution in [2.24, 2.45) is 4.99 Å². The van der Waals surface area contributed by atoms with Crippen molar-refractivity contribution in [1.82, 2.24) is 4.57 Å². The lowest BCUT2D eigenvalue weighted by Gasteiger charge is -2.05. The number of carbonyl (C=O) groups is 3. The number of rotatable bonds is 6. The summed E-state index contributed by atoms with van der Waals surface area (Å²) < 4.78 is 12.7. The molecule has 0 bridgehead atoms. The maximum absolute atomic E-state index is 12.4. The van der Waals surface area contributed by atoms with Crippen LogP contribution in [-0.4, -0.2) is 36.1 Å². The predicted molar refractivity (Wildman–Crippen MR) is 111 cm³/mol. The molecule has 0 radical (unpaired) electrons. The van der Waals surface area contributed by atoms with Gasteiger partial charge in [0.2, 0.25) is 0 Å². The summed E-state index contributed by atoms with van der Waals surface area (Å²) in [7, 11) is 1.29. The molecule has 2 aromatic heterocycles.